The second-order valence-corrected chi connectivity index (χ2v) is 6.68. The van der Waals surface area contributed by atoms with Gasteiger partial charge in [-0.15, -0.1) is 0 Å². The van der Waals surface area contributed by atoms with Gasteiger partial charge in [0, 0.05) is 24.6 Å². The molecule has 0 bridgehead atoms. The van der Waals surface area contributed by atoms with E-state index in [1.54, 1.807) is 17.0 Å². The van der Waals surface area contributed by atoms with Gasteiger partial charge in [-0.25, -0.2) is 0 Å². The SMILES string of the molecule is NC(=O)C1CCN(C(=O)CNC(=O)c2ccc(-c3ccccc3)cc2)CC1. The number of hydrogen-bond donors (Lipinski definition) is 2. The molecule has 2 aromatic carbocycles. The van der Waals surface area contributed by atoms with Gasteiger partial charge in [0.05, 0.1) is 6.54 Å². The predicted octanol–water partition coefficient (Wildman–Crippen LogP) is 1.81. The van der Waals surface area contributed by atoms with Crippen LogP contribution in [0.2, 0.25) is 0 Å². The van der Waals surface area contributed by atoms with Crippen molar-refractivity contribution >= 4 is 17.7 Å². The van der Waals surface area contributed by atoms with Crippen LogP contribution in [-0.2, 0) is 9.59 Å². The Balaban J connectivity index is 1.50. The molecule has 0 unspecified atom stereocenters. The zero-order chi connectivity index (χ0) is 19.2. The van der Waals surface area contributed by atoms with Gasteiger partial charge in [0.15, 0.2) is 0 Å². The highest BCUT2D eigenvalue weighted by atomic mass is 16.2. The van der Waals surface area contributed by atoms with Crippen LogP contribution in [0.3, 0.4) is 0 Å². The molecule has 0 atom stereocenters. The number of hydrogen-bond acceptors (Lipinski definition) is 3. The van der Waals surface area contributed by atoms with Gasteiger partial charge in [0.1, 0.15) is 0 Å². The molecule has 6 heteroatoms. The minimum absolute atomic E-state index is 0.0551. The van der Waals surface area contributed by atoms with Crippen LogP contribution >= 0.6 is 0 Å². The summed E-state index contributed by atoms with van der Waals surface area (Å²) in [5.74, 6) is -0.900. The third-order valence-electron chi connectivity index (χ3n) is 4.90. The van der Waals surface area contributed by atoms with Crippen LogP contribution in [0.4, 0.5) is 0 Å². The summed E-state index contributed by atoms with van der Waals surface area (Å²) in [5.41, 5.74) is 7.92. The van der Waals surface area contributed by atoms with Crippen molar-refractivity contribution in [2.45, 2.75) is 12.8 Å². The molecule has 0 radical (unpaired) electrons. The average molecular weight is 365 g/mol. The normalized spacial score (nSPS) is 14.6. The van der Waals surface area contributed by atoms with Crippen molar-refractivity contribution in [3.05, 3.63) is 60.2 Å². The first kappa shape index (κ1) is 18.6. The summed E-state index contributed by atoms with van der Waals surface area (Å²) in [6.07, 6.45) is 1.16. The molecule has 6 nitrogen and oxygen atoms in total. The molecule has 1 heterocycles. The Hall–Kier alpha value is -3.15. The van der Waals surface area contributed by atoms with E-state index < -0.39 is 0 Å². The summed E-state index contributed by atoms with van der Waals surface area (Å²) < 4.78 is 0. The van der Waals surface area contributed by atoms with Gasteiger partial charge in [0.2, 0.25) is 11.8 Å². The quantitative estimate of drug-likeness (QED) is 0.846. The fraction of sp³-hybridized carbons (Fsp3) is 0.286. The van der Waals surface area contributed by atoms with Crippen molar-refractivity contribution in [3.63, 3.8) is 0 Å². The summed E-state index contributed by atoms with van der Waals surface area (Å²) in [4.78, 5) is 37.4. The van der Waals surface area contributed by atoms with Crippen LogP contribution in [0, 0.1) is 5.92 Å². The lowest BCUT2D eigenvalue weighted by molar-refractivity contribution is -0.133. The maximum atomic E-state index is 12.3. The molecular weight excluding hydrogens is 342 g/mol. The van der Waals surface area contributed by atoms with Gasteiger partial charge < -0.3 is 16.0 Å². The molecule has 27 heavy (non-hydrogen) atoms. The number of amides is 3. The maximum absolute atomic E-state index is 12.3. The molecule has 1 saturated heterocycles. The number of piperidine rings is 1. The van der Waals surface area contributed by atoms with E-state index in [9.17, 15) is 14.4 Å². The van der Waals surface area contributed by atoms with Crippen LogP contribution in [-0.4, -0.2) is 42.3 Å². The van der Waals surface area contributed by atoms with Gasteiger partial charge in [-0.05, 0) is 36.1 Å². The number of primary amides is 1. The Bertz CT molecular complexity index is 810. The molecule has 1 aliphatic heterocycles. The van der Waals surface area contributed by atoms with E-state index in [2.05, 4.69) is 5.32 Å². The smallest absolute Gasteiger partial charge is 0.251 e. The monoisotopic (exact) mass is 365 g/mol. The topological polar surface area (TPSA) is 92.5 Å². The van der Waals surface area contributed by atoms with Gasteiger partial charge >= 0.3 is 0 Å². The first-order valence-electron chi connectivity index (χ1n) is 9.05. The molecule has 0 saturated carbocycles. The Morgan fingerprint density at radius 3 is 2.11 bits per heavy atom. The molecule has 0 aliphatic carbocycles. The lowest BCUT2D eigenvalue weighted by atomic mass is 9.96. The molecule has 1 fully saturated rings. The Morgan fingerprint density at radius 1 is 0.926 bits per heavy atom. The highest BCUT2D eigenvalue weighted by Crippen LogP contribution is 2.19. The van der Waals surface area contributed by atoms with Crippen molar-refractivity contribution in [1.82, 2.24) is 10.2 Å². The number of nitrogens with two attached hydrogens (primary N) is 1. The van der Waals surface area contributed by atoms with E-state index in [0.29, 0.717) is 31.5 Å². The molecule has 0 aromatic heterocycles. The van der Waals surface area contributed by atoms with Crippen molar-refractivity contribution in [1.29, 1.82) is 0 Å². The third-order valence-corrected chi connectivity index (χ3v) is 4.90. The van der Waals surface area contributed by atoms with Crippen LogP contribution in [0.1, 0.15) is 23.2 Å². The summed E-state index contributed by atoms with van der Waals surface area (Å²) in [6, 6.07) is 17.2. The van der Waals surface area contributed by atoms with Gasteiger partial charge in [-0.1, -0.05) is 42.5 Å². The van der Waals surface area contributed by atoms with Crippen LogP contribution in [0.25, 0.3) is 11.1 Å². The summed E-state index contributed by atoms with van der Waals surface area (Å²) >= 11 is 0. The third kappa shape index (κ3) is 4.73. The van der Waals surface area contributed by atoms with Crippen molar-refractivity contribution in [2.75, 3.05) is 19.6 Å². The predicted molar refractivity (Wildman–Crippen MR) is 103 cm³/mol. The highest BCUT2D eigenvalue weighted by molar-refractivity contribution is 5.96. The lowest BCUT2D eigenvalue weighted by Crippen LogP contribution is -2.45. The van der Waals surface area contributed by atoms with E-state index in [1.807, 2.05) is 42.5 Å². The number of likely N-dealkylation sites (tertiary alicyclic amines) is 1. The van der Waals surface area contributed by atoms with E-state index in [0.717, 1.165) is 11.1 Å². The minimum atomic E-state index is -0.311. The summed E-state index contributed by atoms with van der Waals surface area (Å²) in [7, 11) is 0. The van der Waals surface area contributed by atoms with E-state index in [-0.39, 0.29) is 30.2 Å². The van der Waals surface area contributed by atoms with Gasteiger partial charge in [0.25, 0.3) is 5.91 Å². The second kappa shape index (κ2) is 8.49. The number of nitrogens with one attached hydrogen (secondary N) is 1. The standard InChI is InChI=1S/C21H23N3O3/c22-20(26)17-10-12-24(13-11-17)19(25)14-23-21(27)18-8-6-16(7-9-18)15-4-2-1-3-5-15/h1-9,17H,10-14H2,(H2,22,26)(H,23,27). The Kier molecular flexibility index (Phi) is 5.86. The zero-order valence-electron chi connectivity index (χ0n) is 15.1. The molecule has 0 spiro atoms. The van der Waals surface area contributed by atoms with E-state index in [4.69, 9.17) is 5.73 Å². The van der Waals surface area contributed by atoms with E-state index >= 15 is 0 Å². The average Bonchev–Trinajstić information content (AvgIpc) is 2.72. The molecule has 3 amide bonds. The molecular formula is C21H23N3O3. The number of carbonyl (C=O) groups is 3. The Labute approximate surface area is 158 Å². The first-order valence-corrected chi connectivity index (χ1v) is 9.05. The number of rotatable bonds is 5. The molecule has 3 rings (SSSR count). The number of nitrogens with zero attached hydrogens (tertiary/aromatic N) is 1. The fourth-order valence-electron chi connectivity index (χ4n) is 3.23. The molecule has 3 N–H and O–H groups in total. The van der Waals surface area contributed by atoms with Gasteiger partial charge in [-0.2, -0.15) is 0 Å². The number of carbonyl (C=O) groups excluding carboxylic acids is 3. The highest BCUT2D eigenvalue weighted by Gasteiger charge is 2.25. The van der Waals surface area contributed by atoms with Gasteiger partial charge in [-0.3, -0.25) is 14.4 Å². The summed E-state index contributed by atoms with van der Waals surface area (Å²) in [6.45, 7) is 0.933. The van der Waals surface area contributed by atoms with E-state index in [1.165, 1.54) is 0 Å². The first-order chi connectivity index (χ1) is 13.0. The largest absolute Gasteiger partial charge is 0.369 e. The Morgan fingerprint density at radius 2 is 1.52 bits per heavy atom. The van der Waals surface area contributed by atoms with Crippen LogP contribution in [0.5, 0.6) is 0 Å². The van der Waals surface area contributed by atoms with Crippen molar-refractivity contribution in [3.8, 4) is 11.1 Å². The summed E-state index contributed by atoms with van der Waals surface area (Å²) in [5, 5.41) is 2.67. The molecule has 1 aliphatic rings. The number of benzene rings is 2. The van der Waals surface area contributed by atoms with Crippen LogP contribution in [0.15, 0.2) is 54.6 Å². The fourth-order valence-corrected chi connectivity index (χ4v) is 3.23. The molecule has 2 aromatic rings. The maximum Gasteiger partial charge on any atom is 0.251 e. The van der Waals surface area contributed by atoms with Crippen molar-refractivity contribution in [2.24, 2.45) is 11.7 Å². The molecule has 140 valence electrons. The van der Waals surface area contributed by atoms with Crippen LogP contribution < -0.4 is 11.1 Å². The zero-order valence-corrected chi connectivity index (χ0v) is 15.1. The minimum Gasteiger partial charge on any atom is -0.369 e. The second-order valence-electron chi connectivity index (χ2n) is 6.68. The van der Waals surface area contributed by atoms with Crippen molar-refractivity contribution < 1.29 is 14.4 Å². The lowest BCUT2D eigenvalue weighted by Gasteiger charge is -2.30.